The largest absolute Gasteiger partial charge is 0.481 e. The molecule has 150 valence electrons. The third-order valence-corrected chi connectivity index (χ3v) is 7.33. The van der Waals surface area contributed by atoms with Gasteiger partial charge in [0, 0.05) is 59.1 Å². The van der Waals surface area contributed by atoms with Gasteiger partial charge in [0.05, 0.1) is 13.7 Å². The van der Waals surface area contributed by atoms with Gasteiger partial charge in [-0.2, -0.15) is 0 Å². The number of piperidine rings is 1. The molecule has 0 unspecified atom stereocenters. The Labute approximate surface area is 174 Å². The highest BCUT2D eigenvalue weighted by Gasteiger charge is 2.42. The molecule has 5 rings (SSSR count). The van der Waals surface area contributed by atoms with E-state index in [1.807, 2.05) is 29.8 Å². The fourth-order valence-corrected chi connectivity index (χ4v) is 5.79. The molecule has 1 fully saturated rings. The summed E-state index contributed by atoms with van der Waals surface area (Å²) in [6, 6.07) is 6.38. The SMILES string of the molecule is COc1ncccc1CN1CCC2(CC1)OCCc1cc(-c3cncnc3)sc12. The predicted molar refractivity (Wildman–Crippen MR) is 112 cm³/mol. The van der Waals surface area contributed by atoms with Crippen molar-refractivity contribution in [2.75, 3.05) is 26.8 Å². The average molecular weight is 409 g/mol. The van der Waals surface area contributed by atoms with Crippen molar-refractivity contribution in [2.45, 2.75) is 31.4 Å². The molecule has 0 aliphatic carbocycles. The number of hydrogen-bond acceptors (Lipinski definition) is 7. The van der Waals surface area contributed by atoms with Gasteiger partial charge in [0.25, 0.3) is 0 Å². The molecule has 2 aliphatic rings. The molecule has 6 nitrogen and oxygen atoms in total. The Morgan fingerprint density at radius 3 is 2.86 bits per heavy atom. The number of aromatic nitrogens is 3. The summed E-state index contributed by atoms with van der Waals surface area (Å²) in [4.78, 5) is 17.8. The van der Waals surface area contributed by atoms with Crippen LogP contribution in [0.4, 0.5) is 0 Å². The van der Waals surface area contributed by atoms with Crippen LogP contribution in [0.3, 0.4) is 0 Å². The van der Waals surface area contributed by atoms with Gasteiger partial charge >= 0.3 is 0 Å². The van der Waals surface area contributed by atoms with Gasteiger partial charge < -0.3 is 9.47 Å². The molecule has 0 amide bonds. The van der Waals surface area contributed by atoms with Crippen LogP contribution in [0.1, 0.15) is 28.8 Å². The monoisotopic (exact) mass is 408 g/mol. The van der Waals surface area contributed by atoms with E-state index in [0.717, 1.165) is 62.5 Å². The molecule has 2 aliphatic heterocycles. The zero-order valence-corrected chi connectivity index (χ0v) is 17.3. The lowest BCUT2D eigenvalue weighted by Gasteiger charge is -2.43. The second-order valence-corrected chi connectivity index (χ2v) is 8.69. The second-order valence-electron chi connectivity index (χ2n) is 7.63. The standard InChI is InChI=1S/C22H24N4O2S/c1-27-21-17(3-2-7-25-21)14-26-8-5-22(6-9-26)20-16(4-10-28-22)11-19(29-20)18-12-23-15-24-13-18/h2-3,7,11-13,15H,4-6,8-10,14H2,1H3. The summed E-state index contributed by atoms with van der Waals surface area (Å²) in [7, 11) is 1.68. The van der Waals surface area contributed by atoms with Gasteiger partial charge in [0.1, 0.15) is 11.9 Å². The Morgan fingerprint density at radius 1 is 1.24 bits per heavy atom. The minimum Gasteiger partial charge on any atom is -0.481 e. The van der Waals surface area contributed by atoms with Crippen molar-refractivity contribution in [3.05, 3.63) is 59.1 Å². The smallest absolute Gasteiger partial charge is 0.217 e. The van der Waals surface area contributed by atoms with Gasteiger partial charge in [-0.05, 0) is 37.0 Å². The van der Waals surface area contributed by atoms with E-state index in [-0.39, 0.29) is 5.60 Å². The van der Waals surface area contributed by atoms with Crippen LogP contribution in [0.2, 0.25) is 0 Å². The van der Waals surface area contributed by atoms with Crippen LogP contribution in [0.25, 0.3) is 10.4 Å². The molecule has 3 aromatic rings. The molecule has 1 spiro atoms. The Hall–Kier alpha value is -2.35. The Kier molecular flexibility index (Phi) is 5.03. The van der Waals surface area contributed by atoms with Crippen molar-refractivity contribution in [1.82, 2.24) is 19.9 Å². The van der Waals surface area contributed by atoms with Crippen LogP contribution in [0.5, 0.6) is 5.88 Å². The first kappa shape index (κ1) is 18.7. The van der Waals surface area contributed by atoms with E-state index >= 15 is 0 Å². The second kappa shape index (κ2) is 7.82. The lowest BCUT2D eigenvalue weighted by atomic mass is 9.85. The summed E-state index contributed by atoms with van der Waals surface area (Å²) < 4.78 is 11.9. The molecule has 0 aromatic carbocycles. The molecule has 0 N–H and O–H groups in total. The van der Waals surface area contributed by atoms with Crippen LogP contribution in [-0.4, -0.2) is 46.7 Å². The molecule has 0 bridgehead atoms. The summed E-state index contributed by atoms with van der Waals surface area (Å²) in [6.45, 7) is 3.65. The number of likely N-dealkylation sites (tertiary alicyclic amines) is 1. The minimum atomic E-state index is -0.151. The maximum atomic E-state index is 6.44. The summed E-state index contributed by atoms with van der Waals surface area (Å²) in [5.74, 6) is 0.719. The third-order valence-electron chi connectivity index (χ3n) is 5.92. The highest BCUT2D eigenvalue weighted by molar-refractivity contribution is 7.15. The van der Waals surface area contributed by atoms with E-state index in [4.69, 9.17) is 9.47 Å². The normalized spacial score (nSPS) is 18.5. The number of ether oxygens (including phenoxy) is 2. The summed E-state index contributed by atoms with van der Waals surface area (Å²) in [6.07, 6.45) is 10.1. The van der Waals surface area contributed by atoms with E-state index in [0.29, 0.717) is 0 Å². The Morgan fingerprint density at radius 2 is 2.07 bits per heavy atom. The zero-order valence-electron chi connectivity index (χ0n) is 16.5. The molecule has 3 aromatic heterocycles. The van der Waals surface area contributed by atoms with Crippen LogP contribution < -0.4 is 4.74 Å². The van der Waals surface area contributed by atoms with E-state index in [1.54, 1.807) is 19.6 Å². The Balaban J connectivity index is 1.34. The van der Waals surface area contributed by atoms with E-state index < -0.39 is 0 Å². The van der Waals surface area contributed by atoms with Crippen molar-refractivity contribution in [2.24, 2.45) is 0 Å². The van der Waals surface area contributed by atoms with E-state index in [1.165, 1.54) is 15.3 Å². The third kappa shape index (κ3) is 3.54. The number of fused-ring (bicyclic) bond motifs is 2. The lowest BCUT2D eigenvalue weighted by molar-refractivity contribution is -0.0961. The minimum absolute atomic E-state index is 0.151. The topological polar surface area (TPSA) is 60.4 Å². The zero-order chi connectivity index (χ0) is 19.7. The van der Waals surface area contributed by atoms with Gasteiger partial charge in [0.15, 0.2) is 0 Å². The first-order valence-corrected chi connectivity index (χ1v) is 10.8. The molecule has 5 heterocycles. The fourth-order valence-electron chi connectivity index (χ4n) is 4.40. The fraction of sp³-hybridized carbons (Fsp3) is 0.409. The lowest BCUT2D eigenvalue weighted by Crippen LogP contribution is -2.45. The summed E-state index contributed by atoms with van der Waals surface area (Å²) in [5, 5.41) is 0. The van der Waals surface area contributed by atoms with Crippen LogP contribution in [0.15, 0.2) is 43.1 Å². The molecule has 29 heavy (non-hydrogen) atoms. The average Bonchev–Trinajstić information content (AvgIpc) is 3.23. The van der Waals surface area contributed by atoms with Crippen LogP contribution in [-0.2, 0) is 23.3 Å². The molecule has 1 saturated heterocycles. The van der Waals surface area contributed by atoms with Crippen molar-refractivity contribution < 1.29 is 9.47 Å². The number of rotatable bonds is 4. The maximum absolute atomic E-state index is 6.44. The number of thiophene rings is 1. The molecule has 7 heteroatoms. The van der Waals surface area contributed by atoms with Crippen LogP contribution >= 0.6 is 11.3 Å². The molecule has 0 radical (unpaired) electrons. The number of methoxy groups -OCH3 is 1. The first-order chi connectivity index (χ1) is 14.3. The summed E-state index contributed by atoms with van der Waals surface area (Å²) >= 11 is 1.85. The van der Waals surface area contributed by atoms with E-state index in [2.05, 4.69) is 32.0 Å². The van der Waals surface area contributed by atoms with Gasteiger partial charge in [-0.3, -0.25) is 4.90 Å². The highest BCUT2D eigenvalue weighted by atomic mass is 32.1. The van der Waals surface area contributed by atoms with E-state index in [9.17, 15) is 0 Å². The highest BCUT2D eigenvalue weighted by Crippen LogP contribution is 2.47. The van der Waals surface area contributed by atoms with Crippen molar-refractivity contribution in [1.29, 1.82) is 0 Å². The number of pyridine rings is 1. The van der Waals surface area contributed by atoms with Crippen molar-refractivity contribution >= 4 is 11.3 Å². The van der Waals surface area contributed by atoms with Crippen molar-refractivity contribution in [3.63, 3.8) is 0 Å². The predicted octanol–water partition coefficient (Wildman–Crippen LogP) is 3.67. The van der Waals surface area contributed by atoms with Gasteiger partial charge in [-0.15, -0.1) is 11.3 Å². The van der Waals surface area contributed by atoms with Crippen LogP contribution in [0, 0.1) is 0 Å². The molecule has 0 saturated carbocycles. The number of nitrogens with zero attached hydrogens (tertiary/aromatic N) is 4. The maximum Gasteiger partial charge on any atom is 0.217 e. The van der Waals surface area contributed by atoms with Crippen molar-refractivity contribution in [3.8, 4) is 16.3 Å². The molecular formula is C22H24N4O2S. The van der Waals surface area contributed by atoms with Gasteiger partial charge in [0.2, 0.25) is 5.88 Å². The molecule has 0 atom stereocenters. The summed E-state index contributed by atoms with van der Waals surface area (Å²) in [5.41, 5.74) is 3.51. The Bertz CT molecular complexity index is 983. The van der Waals surface area contributed by atoms with Gasteiger partial charge in [-0.1, -0.05) is 6.07 Å². The van der Waals surface area contributed by atoms with Gasteiger partial charge in [-0.25, -0.2) is 15.0 Å². The first-order valence-electron chi connectivity index (χ1n) is 10.0. The quantitative estimate of drug-likeness (QED) is 0.656. The number of hydrogen-bond donors (Lipinski definition) is 0. The molecular weight excluding hydrogens is 384 g/mol.